The van der Waals surface area contributed by atoms with Crippen molar-refractivity contribution in [2.45, 2.75) is 51.1 Å². The van der Waals surface area contributed by atoms with Crippen molar-refractivity contribution in [1.82, 2.24) is 9.88 Å². The lowest BCUT2D eigenvalue weighted by atomic mass is 9.99. The molecule has 2 aromatic rings. The van der Waals surface area contributed by atoms with Crippen LogP contribution in [0.1, 0.15) is 48.0 Å². The third kappa shape index (κ3) is 2.14. The van der Waals surface area contributed by atoms with Crippen molar-refractivity contribution in [3.05, 3.63) is 45.7 Å². The second-order valence-corrected chi connectivity index (χ2v) is 6.44. The third-order valence-corrected chi connectivity index (χ3v) is 4.96. The number of hydrogen-bond donors (Lipinski definition) is 1. The molecular formula is C18H20N2O2. The summed E-state index contributed by atoms with van der Waals surface area (Å²) in [4.78, 5) is 25.2. The van der Waals surface area contributed by atoms with E-state index in [2.05, 4.69) is 16.0 Å². The minimum atomic E-state index is -0.210. The Morgan fingerprint density at radius 1 is 1.18 bits per heavy atom. The maximum atomic E-state index is 12.7. The quantitative estimate of drug-likeness (QED) is 0.926. The number of carbonyl (C=O) groups excluding carboxylic acids is 1. The van der Waals surface area contributed by atoms with Gasteiger partial charge in [-0.1, -0.05) is 25.0 Å². The topological polar surface area (TPSA) is 51.1 Å². The van der Waals surface area contributed by atoms with Gasteiger partial charge in [0.1, 0.15) is 5.56 Å². The average molecular weight is 296 g/mol. The number of aromatic nitrogens is 1. The van der Waals surface area contributed by atoms with E-state index in [4.69, 9.17) is 0 Å². The Labute approximate surface area is 129 Å². The van der Waals surface area contributed by atoms with Crippen molar-refractivity contribution in [1.29, 1.82) is 0 Å². The SMILES string of the molecule is O=C(NC1CCCC1)c1cn2c3c(cccc3c1=O)CCC2. The molecule has 0 spiro atoms. The van der Waals surface area contributed by atoms with Gasteiger partial charge in [0.25, 0.3) is 5.91 Å². The van der Waals surface area contributed by atoms with E-state index in [0.717, 1.165) is 50.6 Å². The molecule has 1 aliphatic carbocycles. The molecule has 2 heterocycles. The van der Waals surface area contributed by atoms with Crippen LogP contribution >= 0.6 is 0 Å². The molecule has 1 N–H and O–H groups in total. The average Bonchev–Trinajstić information content (AvgIpc) is 3.03. The zero-order valence-electron chi connectivity index (χ0n) is 12.6. The fourth-order valence-corrected chi connectivity index (χ4v) is 3.85. The smallest absolute Gasteiger partial charge is 0.256 e. The van der Waals surface area contributed by atoms with Crippen LogP contribution in [0.3, 0.4) is 0 Å². The van der Waals surface area contributed by atoms with Crippen LogP contribution in [0, 0.1) is 0 Å². The van der Waals surface area contributed by atoms with Crippen LogP contribution in [0.25, 0.3) is 10.9 Å². The van der Waals surface area contributed by atoms with Crippen LogP contribution in [-0.4, -0.2) is 16.5 Å². The fourth-order valence-electron chi connectivity index (χ4n) is 3.85. The summed E-state index contributed by atoms with van der Waals surface area (Å²) in [6.45, 7) is 0.873. The van der Waals surface area contributed by atoms with Gasteiger partial charge in [-0.2, -0.15) is 0 Å². The fraction of sp³-hybridized carbons (Fsp3) is 0.444. The van der Waals surface area contributed by atoms with Gasteiger partial charge in [0.15, 0.2) is 0 Å². The highest BCUT2D eigenvalue weighted by molar-refractivity contribution is 5.98. The number of nitrogens with zero attached hydrogens (tertiary/aromatic N) is 1. The van der Waals surface area contributed by atoms with E-state index < -0.39 is 0 Å². The molecule has 0 bridgehead atoms. The summed E-state index contributed by atoms with van der Waals surface area (Å²) in [6, 6.07) is 6.08. The van der Waals surface area contributed by atoms with Crippen LogP contribution in [0.2, 0.25) is 0 Å². The molecule has 1 aliphatic heterocycles. The molecule has 22 heavy (non-hydrogen) atoms. The summed E-state index contributed by atoms with van der Waals surface area (Å²) in [5, 5.41) is 3.71. The highest BCUT2D eigenvalue weighted by atomic mass is 16.2. The van der Waals surface area contributed by atoms with E-state index >= 15 is 0 Å². The largest absolute Gasteiger partial charge is 0.349 e. The number of benzene rings is 1. The zero-order valence-corrected chi connectivity index (χ0v) is 12.6. The summed E-state index contributed by atoms with van der Waals surface area (Å²) < 4.78 is 2.08. The van der Waals surface area contributed by atoms with Crippen molar-refractivity contribution < 1.29 is 4.79 Å². The molecule has 1 fully saturated rings. The molecule has 4 rings (SSSR count). The van der Waals surface area contributed by atoms with E-state index in [0.29, 0.717) is 10.9 Å². The molecule has 1 saturated carbocycles. The Bertz CT molecular complexity index is 801. The lowest BCUT2D eigenvalue weighted by Crippen LogP contribution is -2.36. The summed E-state index contributed by atoms with van der Waals surface area (Å²) >= 11 is 0. The number of hydrogen-bond acceptors (Lipinski definition) is 2. The summed E-state index contributed by atoms with van der Waals surface area (Å²) in [5.74, 6) is -0.210. The lowest BCUT2D eigenvalue weighted by Gasteiger charge is -2.21. The van der Waals surface area contributed by atoms with Gasteiger partial charge in [0.2, 0.25) is 5.43 Å². The van der Waals surface area contributed by atoms with Crippen molar-refractivity contribution >= 4 is 16.8 Å². The zero-order chi connectivity index (χ0) is 15.1. The highest BCUT2D eigenvalue weighted by Crippen LogP contribution is 2.24. The summed E-state index contributed by atoms with van der Waals surface area (Å²) in [5.41, 5.74) is 2.38. The number of amides is 1. The number of carbonyl (C=O) groups is 1. The van der Waals surface area contributed by atoms with Gasteiger partial charge in [0, 0.05) is 24.2 Å². The monoisotopic (exact) mass is 296 g/mol. The van der Waals surface area contributed by atoms with E-state index in [1.54, 1.807) is 6.20 Å². The highest BCUT2D eigenvalue weighted by Gasteiger charge is 2.22. The molecule has 1 amide bonds. The van der Waals surface area contributed by atoms with E-state index in [-0.39, 0.29) is 17.4 Å². The Morgan fingerprint density at radius 2 is 2.00 bits per heavy atom. The van der Waals surface area contributed by atoms with Crippen molar-refractivity contribution in [2.24, 2.45) is 0 Å². The molecule has 0 unspecified atom stereocenters. The first-order valence-corrected chi connectivity index (χ1v) is 8.20. The minimum absolute atomic E-state index is 0.134. The van der Waals surface area contributed by atoms with Crippen LogP contribution in [0.5, 0.6) is 0 Å². The summed E-state index contributed by atoms with van der Waals surface area (Å²) in [6.07, 6.45) is 8.20. The van der Waals surface area contributed by atoms with E-state index in [9.17, 15) is 9.59 Å². The predicted octanol–water partition coefficient (Wildman–Crippen LogP) is 2.62. The Hall–Kier alpha value is -2.10. The Morgan fingerprint density at radius 3 is 2.82 bits per heavy atom. The van der Waals surface area contributed by atoms with Gasteiger partial charge in [-0.05, 0) is 37.3 Å². The van der Waals surface area contributed by atoms with Crippen molar-refractivity contribution in [3.63, 3.8) is 0 Å². The van der Waals surface area contributed by atoms with E-state index in [1.165, 1.54) is 5.56 Å². The molecule has 4 nitrogen and oxygen atoms in total. The third-order valence-electron chi connectivity index (χ3n) is 4.96. The first-order valence-electron chi connectivity index (χ1n) is 8.20. The molecular weight excluding hydrogens is 276 g/mol. The van der Waals surface area contributed by atoms with Crippen LogP contribution in [-0.2, 0) is 13.0 Å². The standard InChI is InChI=1S/C18H20N2O2/c21-17-14-9-3-5-12-6-4-10-20(16(12)14)11-15(17)18(22)19-13-7-1-2-8-13/h3,5,9,11,13H,1-2,4,6-8,10H2,(H,19,22). The molecule has 1 aromatic carbocycles. The molecule has 0 atom stereocenters. The molecule has 0 saturated heterocycles. The van der Waals surface area contributed by atoms with Crippen molar-refractivity contribution in [2.75, 3.05) is 0 Å². The van der Waals surface area contributed by atoms with Gasteiger partial charge >= 0.3 is 0 Å². The van der Waals surface area contributed by atoms with E-state index in [1.807, 2.05) is 12.1 Å². The summed E-state index contributed by atoms with van der Waals surface area (Å²) in [7, 11) is 0. The van der Waals surface area contributed by atoms with Gasteiger partial charge in [-0.3, -0.25) is 9.59 Å². The van der Waals surface area contributed by atoms with Crippen LogP contribution in [0.15, 0.2) is 29.2 Å². The Kier molecular flexibility index (Phi) is 3.25. The molecule has 114 valence electrons. The second kappa shape index (κ2) is 5.27. The number of rotatable bonds is 2. The van der Waals surface area contributed by atoms with Gasteiger partial charge in [-0.15, -0.1) is 0 Å². The molecule has 1 aromatic heterocycles. The molecule has 0 radical (unpaired) electrons. The molecule has 2 aliphatic rings. The van der Waals surface area contributed by atoms with Gasteiger partial charge < -0.3 is 9.88 Å². The molecule has 4 heteroatoms. The first kappa shape index (κ1) is 13.6. The maximum Gasteiger partial charge on any atom is 0.256 e. The Balaban J connectivity index is 1.80. The van der Waals surface area contributed by atoms with Crippen LogP contribution in [0.4, 0.5) is 0 Å². The normalized spacial score (nSPS) is 17.8. The van der Waals surface area contributed by atoms with Gasteiger partial charge in [0.05, 0.1) is 5.52 Å². The minimum Gasteiger partial charge on any atom is -0.349 e. The van der Waals surface area contributed by atoms with Gasteiger partial charge in [-0.25, -0.2) is 0 Å². The number of para-hydroxylation sites is 1. The number of aryl methyl sites for hydroxylation is 2. The van der Waals surface area contributed by atoms with Crippen LogP contribution < -0.4 is 10.7 Å². The second-order valence-electron chi connectivity index (χ2n) is 6.44. The predicted molar refractivity (Wildman–Crippen MR) is 86.3 cm³/mol. The first-order chi connectivity index (χ1) is 10.7. The van der Waals surface area contributed by atoms with Crippen molar-refractivity contribution in [3.8, 4) is 0 Å². The number of nitrogens with one attached hydrogen (secondary N) is 1. The lowest BCUT2D eigenvalue weighted by molar-refractivity contribution is 0.0936. The number of pyridine rings is 1. The maximum absolute atomic E-state index is 12.7.